The minimum absolute atomic E-state index is 0.237. The van der Waals surface area contributed by atoms with Gasteiger partial charge in [0.15, 0.2) is 0 Å². The van der Waals surface area contributed by atoms with Crippen LogP contribution in [0.4, 0.5) is 5.82 Å². The molecule has 1 aromatic heterocycles. The van der Waals surface area contributed by atoms with Crippen molar-refractivity contribution >= 4 is 5.82 Å². The van der Waals surface area contributed by atoms with Crippen molar-refractivity contribution in [2.45, 2.75) is 51.0 Å². The third kappa shape index (κ3) is 1.69. The first-order valence-corrected chi connectivity index (χ1v) is 7.80. The van der Waals surface area contributed by atoms with Crippen LogP contribution in [0.2, 0.25) is 0 Å². The summed E-state index contributed by atoms with van der Waals surface area (Å²) in [4.78, 5) is 0. The summed E-state index contributed by atoms with van der Waals surface area (Å²) >= 11 is 0. The first-order chi connectivity index (χ1) is 9.58. The van der Waals surface area contributed by atoms with Crippen molar-refractivity contribution in [1.82, 2.24) is 9.78 Å². The minimum Gasteiger partial charge on any atom is -0.364 e. The molecule has 0 aromatic carbocycles. The van der Waals surface area contributed by atoms with Gasteiger partial charge < -0.3 is 5.32 Å². The molecule has 20 heavy (non-hydrogen) atoms. The van der Waals surface area contributed by atoms with Crippen molar-refractivity contribution < 1.29 is 0 Å². The molecule has 0 radical (unpaired) electrons. The number of nitrogens with one attached hydrogen (secondary N) is 1. The van der Waals surface area contributed by atoms with Gasteiger partial charge in [-0.15, -0.1) is 0 Å². The molecule has 0 unspecified atom stereocenters. The lowest BCUT2D eigenvalue weighted by Gasteiger charge is -2.57. The molecule has 0 spiro atoms. The number of nitriles is 1. The normalized spacial score (nSPS) is 38.0. The Kier molecular flexibility index (Phi) is 2.45. The number of nitrogens with zero attached hydrogens (tertiary/aromatic N) is 3. The van der Waals surface area contributed by atoms with Gasteiger partial charge in [-0.05, 0) is 63.2 Å². The molecule has 106 valence electrons. The summed E-state index contributed by atoms with van der Waals surface area (Å²) in [6, 6.07) is 2.32. The topological polar surface area (TPSA) is 53.6 Å². The lowest BCUT2D eigenvalue weighted by molar-refractivity contribution is 0.0104. The van der Waals surface area contributed by atoms with Gasteiger partial charge in [0.2, 0.25) is 0 Å². The zero-order valence-electron chi connectivity index (χ0n) is 12.3. The van der Waals surface area contributed by atoms with Crippen LogP contribution in [0.5, 0.6) is 0 Å². The number of hydrogen-bond donors (Lipinski definition) is 1. The van der Waals surface area contributed by atoms with E-state index in [2.05, 4.69) is 16.5 Å². The van der Waals surface area contributed by atoms with Crippen molar-refractivity contribution in [3.8, 4) is 6.07 Å². The molecule has 4 aliphatic rings. The number of hydrogen-bond acceptors (Lipinski definition) is 3. The third-order valence-corrected chi connectivity index (χ3v) is 5.76. The molecule has 1 N–H and O–H groups in total. The largest absolute Gasteiger partial charge is 0.364 e. The average molecular weight is 270 g/mol. The molecule has 4 saturated carbocycles. The van der Waals surface area contributed by atoms with E-state index < -0.39 is 0 Å². The minimum atomic E-state index is 0.237. The molecule has 0 aliphatic heterocycles. The fraction of sp³-hybridized carbons (Fsp3) is 0.750. The van der Waals surface area contributed by atoms with Gasteiger partial charge in [0.25, 0.3) is 0 Å². The fourth-order valence-electron chi connectivity index (χ4n) is 5.45. The van der Waals surface area contributed by atoms with Crippen LogP contribution in [-0.2, 0) is 7.05 Å². The maximum atomic E-state index is 9.38. The van der Waals surface area contributed by atoms with E-state index >= 15 is 0 Å². The lowest BCUT2D eigenvalue weighted by Crippen LogP contribution is -2.55. The quantitative estimate of drug-likeness (QED) is 0.899. The monoisotopic (exact) mass is 270 g/mol. The SMILES string of the molecule is Cc1nn(C)c(NC23CC4CC(CC(C4)C2)C3)c1C#N. The number of aromatic nitrogens is 2. The highest BCUT2D eigenvalue weighted by atomic mass is 15.3. The van der Waals surface area contributed by atoms with E-state index in [0.29, 0.717) is 0 Å². The van der Waals surface area contributed by atoms with E-state index in [0.717, 1.165) is 34.8 Å². The van der Waals surface area contributed by atoms with Gasteiger partial charge >= 0.3 is 0 Å². The maximum Gasteiger partial charge on any atom is 0.142 e. The Morgan fingerprint density at radius 2 is 1.75 bits per heavy atom. The Hall–Kier alpha value is -1.50. The maximum absolute atomic E-state index is 9.38. The van der Waals surface area contributed by atoms with Crippen LogP contribution >= 0.6 is 0 Å². The summed E-state index contributed by atoms with van der Waals surface area (Å²) in [5.74, 6) is 3.67. The zero-order valence-corrected chi connectivity index (χ0v) is 12.3. The molecule has 0 saturated heterocycles. The molecule has 4 heteroatoms. The van der Waals surface area contributed by atoms with Crippen molar-refractivity contribution in [3.63, 3.8) is 0 Å². The fourth-order valence-corrected chi connectivity index (χ4v) is 5.45. The van der Waals surface area contributed by atoms with Crippen molar-refractivity contribution in [2.24, 2.45) is 24.8 Å². The molecule has 5 rings (SSSR count). The molecule has 4 bridgehead atoms. The third-order valence-electron chi connectivity index (χ3n) is 5.76. The van der Waals surface area contributed by atoms with E-state index in [1.54, 1.807) is 0 Å². The van der Waals surface area contributed by atoms with Gasteiger partial charge in [0.1, 0.15) is 17.5 Å². The first kappa shape index (κ1) is 12.3. The summed E-state index contributed by atoms with van der Waals surface area (Å²) < 4.78 is 1.85. The van der Waals surface area contributed by atoms with Crippen LogP contribution in [0.1, 0.15) is 49.8 Å². The molecular weight excluding hydrogens is 248 g/mol. The Bertz CT molecular complexity index is 557. The van der Waals surface area contributed by atoms with Crippen LogP contribution in [0.3, 0.4) is 0 Å². The summed E-state index contributed by atoms with van der Waals surface area (Å²) in [5.41, 5.74) is 1.80. The Morgan fingerprint density at radius 3 is 2.25 bits per heavy atom. The molecule has 4 fully saturated rings. The Balaban J connectivity index is 1.68. The second-order valence-corrected chi connectivity index (χ2v) is 7.37. The van der Waals surface area contributed by atoms with Crippen LogP contribution in [0, 0.1) is 36.0 Å². The highest BCUT2D eigenvalue weighted by molar-refractivity contribution is 5.56. The standard InChI is InChI=1S/C16H22N4/c1-10-14(9-17)15(20(2)19-10)18-16-6-11-3-12(7-16)5-13(4-11)8-16/h11-13,18H,3-8H2,1-2H3. The zero-order chi connectivity index (χ0) is 13.9. The number of aryl methyl sites for hydroxylation is 2. The van der Waals surface area contributed by atoms with Gasteiger partial charge in [-0.2, -0.15) is 10.4 Å². The van der Waals surface area contributed by atoms with Crippen LogP contribution in [0.25, 0.3) is 0 Å². The van der Waals surface area contributed by atoms with Crippen LogP contribution in [0.15, 0.2) is 0 Å². The van der Waals surface area contributed by atoms with Gasteiger partial charge in [0, 0.05) is 12.6 Å². The van der Waals surface area contributed by atoms with E-state index in [1.807, 2.05) is 18.7 Å². The number of rotatable bonds is 2. The predicted molar refractivity (Wildman–Crippen MR) is 77.2 cm³/mol. The van der Waals surface area contributed by atoms with Crippen molar-refractivity contribution in [2.75, 3.05) is 5.32 Å². The molecule has 0 atom stereocenters. The smallest absolute Gasteiger partial charge is 0.142 e. The average Bonchev–Trinajstić information content (AvgIpc) is 2.61. The molecular formula is C16H22N4. The second kappa shape index (κ2) is 4.00. The Morgan fingerprint density at radius 1 is 1.20 bits per heavy atom. The predicted octanol–water partition coefficient (Wildman–Crippen LogP) is 2.98. The highest BCUT2D eigenvalue weighted by Crippen LogP contribution is 2.56. The van der Waals surface area contributed by atoms with Crippen LogP contribution in [-0.4, -0.2) is 15.3 Å². The lowest BCUT2D eigenvalue weighted by atomic mass is 9.53. The molecule has 1 aromatic rings. The summed E-state index contributed by atoms with van der Waals surface area (Å²) in [6.07, 6.45) is 8.18. The van der Waals surface area contributed by atoms with Gasteiger partial charge in [-0.1, -0.05) is 0 Å². The van der Waals surface area contributed by atoms with Gasteiger partial charge in [0.05, 0.1) is 5.69 Å². The summed E-state index contributed by atoms with van der Waals surface area (Å²) in [7, 11) is 1.94. The highest BCUT2D eigenvalue weighted by Gasteiger charge is 2.51. The molecule has 1 heterocycles. The van der Waals surface area contributed by atoms with E-state index in [4.69, 9.17) is 0 Å². The second-order valence-electron chi connectivity index (χ2n) is 7.37. The molecule has 0 amide bonds. The summed E-state index contributed by atoms with van der Waals surface area (Å²) in [5, 5.41) is 17.6. The molecule has 4 aliphatic carbocycles. The van der Waals surface area contributed by atoms with E-state index in [-0.39, 0.29) is 5.54 Å². The van der Waals surface area contributed by atoms with Crippen molar-refractivity contribution in [3.05, 3.63) is 11.3 Å². The van der Waals surface area contributed by atoms with E-state index in [9.17, 15) is 5.26 Å². The van der Waals surface area contributed by atoms with Gasteiger partial charge in [-0.25, -0.2) is 0 Å². The first-order valence-electron chi connectivity index (χ1n) is 7.80. The number of anilines is 1. The summed E-state index contributed by atoms with van der Waals surface area (Å²) in [6.45, 7) is 1.92. The van der Waals surface area contributed by atoms with Gasteiger partial charge in [-0.3, -0.25) is 4.68 Å². The van der Waals surface area contributed by atoms with Crippen LogP contribution < -0.4 is 5.32 Å². The van der Waals surface area contributed by atoms with E-state index in [1.165, 1.54) is 38.5 Å². The molecule has 4 nitrogen and oxygen atoms in total. The van der Waals surface area contributed by atoms with Crippen molar-refractivity contribution in [1.29, 1.82) is 5.26 Å². The Labute approximate surface area is 120 Å².